The van der Waals surface area contributed by atoms with E-state index in [-0.39, 0.29) is 4.83 Å². The summed E-state index contributed by atoms with van der Waals surface area (Å²) in [4.78, 5) is 0.0301. The molecule has 0 fully saturated rings. The molecule has 0 spiro atoms. The maximum atomic E-state index is 13.2. The number of rotatable bonds is 2. The highest BCUT2D eigenvalue weighted by molar-refractivity contribution is 9.09. The summed E-state index contributed by atoms with van der Waals surface area (Å²) < 4.78 is 26.1. The van der Waals surface area contributed by atoms with Crippen molar-refractivity contribution in [1.29, 1.82) is 0 Å². The number of fused-ring (bicyclic) bond motifs is 1. The Morgan fingerprint density at radius 2 is 1.83 bits per heavy atom. The van der Waals surface area contributed by atoms with Crippen LogP contribution in [-0.2, 0) is 6.42 Å². The van der Waals surface area contributed by atoms with Crippen LogP contribution in [0.3, 0.4) is 0 Å². The van der Waals surface area contributed by atoms with Gasteiger partial charge in [-0.25, -0.2) is 8.78 Å². The van der Waals surface area contributed by atoms with Crippen molar-refractivity contribution in [2.24, 2.45) is 0 Å². The zero-order chi connectivity index (χ0) is 12.7. The van der Waals surface area contributed by atoms with Gasteiger partial charge in [-0.3, -0.25) is 0 Å². The van der Waals surface area contributed by atoms with Gasteiger partial charge in [0.1, 0.15) is 0 Å². The van der Waals surface area contributed by atoms with Gasteiger partial charge < -0.3 is 0 Å². The Bertz CT molecular complexity index is 595. The van der Waals surface area contributed by atoms with Gasteiger partial charge in [-0.2, -0.15) is 0 Å². The van der Waals surface area contributed by atoms with Crippen LogP contribution in [0, 0.1) is 11.6 Å². The van der Waals surface area contributed by atoms with Gasteiger partial charge in [-0.15, -0.1) is 0 Å². The molecule has 0 saturated carbocycles. The van der Waals surface area contributed by atoms with Crippen molar-refractivity contribution >= 4 is 15.9 Å². The van der Waals surface area contributed by atoms with E-state index in [0.717, 1.165) is 12.0 Å². The molecule has 0 aromatic heterocycles. The average molecular weight is 309 g/mol. The van der Waals surface area contributed by atoms with Crippen molar-refractivity contribution in [3.05, 3.63) is 70.8 Å². The summed E-state index contributed by atoms with van der Waals surface area (Å²) in [6.07, 6.45) is 0.977. The molecular weight excluding hydrogens is 298 g/mol. The van der Waals surface area contributed by atoms with Crippen LogP contribution >= 0.6 is 15.9 Å². The number of benzene rings is 2. The first kappa shape index (κ1) is 11.8. The Morgan fingerprint density at radius 1 is 1.06 bits per heavy atom. The summed E-state index contributed by atoms with van der Waals surface area (Å²) in [6, 6.07) is 12.3. The van der Waals surface area contributed by atoms with Crippen molar-refractivity contribution in [3.63, 3.8) is 0 Å². The zero-order valence-corrected chi connectivity index (χ0v) is 11.1. The van der Waals surface area contributed by atoms with Gasteiger partial charge in [0.2, 0.25) is 0 Å². The van der Waals surface area contributed by atoms with E-state index in [0.29, 0.717) is 5.92 Å². The maximum absolute atomic E-state index is 13.2. The van der Waals surface area contributed by atoms with E-state index in [1.807, 2.05) is 12.1 Å². The number of hydrogen-bond donors (Lipinski definition) is 0. The molecule has 0 aliphatic heterocycles. The van der Waals surface area contributed by atoms with Gasteiger partial charge >= 0.3 is 0 Å². The largest absolute Gasteiger partial charge is 0.204 e. The van der Waals surface area contributed by atoms with Gasteiger partial charge in [0, 0.05) is 10.7 Å². The highest BCUT2D eigenvalue weighted by atomic mass is 79.9. The van der Waals surface area contributed by atoms with E-state index in [4.69, 9.17) is 0 Å². The lowest BCUT2D eigenvalue weighted by molar-refractivity contribution is 0.504. The van der Waals surface area contributed by atoms with Crippen LogP contribution in [-0.4, -0.2) is 0 Å². The third-order valence-corrected chi connectivity index (χ3v) is 4.68. The third-order valence-electron chi connectivity index (χ3n) is 3.51. The van der Waals surface area contributed by atoms with E-state index in [2.05, 4.69) is 28.1 Å². The summed E-state index contributed by atoms with van der Waals surface area (Å²) in [5, 5.41) is 0. The molecule has 2 aromatic carbocycles. The van der Waals surface area contributed by atoms with Crippen LogP contribution in [0.4, 0.5) is 8.78 Å². The second-order valence-corrected chi connectivity index (χ2v) is 5.57. The minimum absolute atomic E-state index is 0.0301. The molecule has 2 aromatic rings. The van der Waals surface area contributed by atoms with E-state index in [1.165, 1.54) is 23.3 Å². The van der Waals surface area contributed by atoms with Crippen molar-refractivity contribution in [2.45, 2.75) is 17.2 Å². The predicted molar refractivity (Wildman–Crippen MR) is 70.9 cm³/mol. The molecule has 1 aliphatic carbocycles. The highest BCUT2D eigenvalue weighted by Crippen LogP contribution is 2.47. The molecule has 2 unspecified atom stereocenters. The van der Waals surface area contributed by atoms with E-state index < -0.39 is 11.6 Å². The number of hydrogen-bond acceptors (Lipinski definition) is 0. The Hall–Kier alpha value is -1.22. The molecule has 0 bridgehead atoms. The Kier molecular flexibility index (Phi) is 2.94. The maximum Gasteiger partial charge on any atom is 0.159 e. The van der Waals surface area contributed by atoms with Gasteiger partial charge in [-0.05, 0) is 35.2 Å². The van der Waals surface area contributed by atoms with Crippen LogP contribution in [0.5, 0.6) is 0 Å². The predicted octanol–water partition coefficient (Wildman–Crippen LogP) is 4.74. The first-order chi connectivity index (χ1) is 8.66. The summed E-state index contributed by atoms with van der Waals surface area (Å²) in [5.41, 5.74) is 3.42. The van der Waals surface area contributed by atoms with Crippen molar-refractivity contribution in [3.8, 4) is 0 Å². The van der Waals surface area contributed by atoms with Gasteiger partial charge in [-0.1, -0.05) is 46.3 Å². The van der Waals surface area contributed by atoms with E-state index in [9.17, 15) is 8.78 Å². The Balaban J connectivity index is 1.88. The Labute approximate surface area is 113 Å². The lowest BCUT2D eigenvalue weighted by atomic mass is 9.74. The normalized spacial score (nSPS) is 18.9. The molecule has 1 aliphatic rings. The monoisotopic (exact) mass is 308 g/mol. The topological polar surface area (TPSA) is 0 Å². The molecule has 0 nitrogen and oxygen atoms in total. The van der Waals surface area contributed by atoms with E-state index in [1.54, 1.807) is 6.07 Å². The van der Waals surface area contributed by atoms with Gasteiger partial charge in [0.25, 0.3) is 0 Å². The van der Waals surface area contributed by atoms with Crippen LogP contribution < -0.4 is 0 Å². The average Bonchev–Trinajstić information content (AvgIpc) is 2.34. The smallest absolute Gasteiger partial charge is 0.159 e. The second-order valence-electron chi connectivity index (χ2n) is 4.58. The summed E-state index contributed by atoms with van der Waals surface area (Å²) in [7, 11) is 0. The fourth-order valence-electron chi connectivity index (χ4n) is 2.47. The molecule has 0 heterocycles. The standard InChI is InChI=1S/C15H11BrF2/c16-15(10-5-6-13(17)14(18)8-10)12-7-9-3-1-2-4-11(9)12/h1-6,8,12,15H,7H2. The molecule has 0 radical (unpaired) electrons. The summed E-state index contributed by atoms with van der Waals surface area (Å²) in [6.45, 7) is 0. The SMILES string of the molecule is Fc1ccc(C(Br)C2Cc3ccccc32)cc1F. The molecule has 0 saturated heterocycles. The lowest BCUT2D eigenvalue weighted by Crippen LogP contribution is -2.20. The Morgan fingerprint density at radius 3 is 2.56 bits per heavy atom. The van der Waals surface area contributed by atoms with Crippen LogP contribution in [0.25, 0.3) is 0 Å². The van der Waals surface area contributed by atoms with Crippen molar-refractivity contribution in [2.75, 3.05) is 0 Å². The second kappa shape index (κ2) is 4.47. The van der Waals surface area contributed by atoms with Crippen LogP contribution in [0.2, 0.25) is 0 Å². The first-order valence-electron chi connectivity index (χ1n) is 5.83. The summed E-state index contributed by atoms with van der Waals surface area (Å²) in [5.74, 6) is -1.25. The van der Waals surface area contributed by atoms with Gasteiger partial charge in [0.15, 0.2) is 11.6 Å². The molecule has 92 valence electrons. The molecule has 0 N–H and O–H groups in total. The fraction of sp³-hybridized carbons (Fsp3) is 0.200. The molecule has 3 rings (SSSR count). The zero-order valence-electron chi connectivity index (χ0n) is 9.54. The summed E-state index contributed by atoms with van der Waals surface area (Å²) >= 11 is 3.60. The third kappa shape index (κ3) is 1.87. The quantitative estimate of drug-likeness (QED) is 0.703. The van der Waals surface area contributed by atoms with E-state index >= 15 is 0 Å². The highest BCUT2D eigenvalue weighted by Gasteiger charge is 2.32. The molecule has 18 heavy (non-hydrogen) atoms. The van der Waals surface area contributed by atoms with Crippen LogP contribution in [0.15, 0.2) is 42.5 Å². The minimum atomic E-state index is -0.799. The van der Waals surface area contributed by atoms with Crippen molar-refractivity contribution < 1.29 is 8.78 Å². The lowest BCUT2D eigenvalue weighted by Gasteiger charge is -2.34. The van der Waals surface area contributed by atoms with Crippen molar-refractivity contribution in [1.82, 2.24) is 0 Å². The molecule has 3 heteroatoms. The first-order valence-corrected chi connectivity index (χ1v) is 6.75. The molecule has 2 atom stereocenters. The fourth-order valence-corrected chi connectivity index (χ4v) is 3.23. The number of alkyl halides is 1. The van der Waals surface area contributed by atoms with Crippen LogP contribution in [0.1, 0.15) is 27.4 Å². The minimum Gasteiger partial charge on any atom is -0.204 e. The molecular formula is C15H11BrF2. The number of halogens is 3. The molecule has 0 amide bonds. The van der Waals surface area contributed by atoms with Gasteiger partial charge in [0.05, 0.1) is 0 Å².